The Kier molecular flexibility index (Phi) is 4.82. The molecule has 0 saturated heterocycles. The number of carbonyl (C=O) groups is 1. The summed E-state index contributed by atoms with van der Waals surface area (Å²) in [5.41, 5.74) is 3.14. The number of aromatic nitrogens is 1. The minimum atomic E-state index is 0.0339. The molecule has 0 aliphatic carbocycles. The lowest BCUT2D eigenvalue weighted by molar-refractivity contribution is -0.115. The van der Waals surface area contributed by atoms with Gasteiger partial charge < -0.3 is 15.2 Å². The van der Waals surface area contributed by atoms with Crippen LogP contribution in [0, 0.1) is 0 Å². The highest BCUT2D eigenvalue weighted by molar-refractivity contribution is 5.90. The van der Waals surface area contributed by atoms with Crippen LogP contribution in [0.15, 0.2) is 42.7 Å². The van der Waals surface area contributed by atoms with Crippen molar-refractivity contribution < 1.29 is 4.79 Å². The third kappa shape index (κ3) is 3.88. The van der Waals surface area contributed by atoms with E-state index in [1.807, 2.05) is 31.2 Å². The van der Waals surface area contributed by atoms with Gasteiger partial charge in [0, 0.05) is 43.3 Å². The molecule has 106 valence electrons. The predicted molar refractivity (Wildman–Crippen MR) is 82.8 cm³/mol. The molecule has 2 aromatic rings. The largest absolute Gasteiger partial charge is 0.381 e. The lowest BCUT2D eigenvalue weighted by atomic mass is 10.2. The van der Waals surface area contributed by atoms with Gasteiger partial charge in [0.2, 0.25) is 5.91 Å². The molecule has 1 heterocycles. The molecule has 0 spiro atoms. The van der Waals surface area contributed by atoms with Gasteiger partial charge in [-0.15, -0.1) is 0 Å². The van der Waals surface area contributed by atoms with Gasteiger partial charge in [-0.2, -0.15) is 0 Å². The highest BCUT2D eigenvalue weighted by Crippen LogP contribution is 2.15. The summed E-state index contributed by atoms with van der Waals surface area (Å²) in [6.45, 7) is 5.76. The Balaban J connectivity index is 1.88. The molecule has 0 radical (unpaired) electrons. The molecule has 0 saturated carbocycles. The third-order valence-corrected chi connectivity index (χ3v) is 3.16. The topological polar surface area (TPSA) is 46.1 Å². The summed E-state index contributed by atoms with van der Waals surface area (Å²) < 4.78 is 2.15. The van der Waals surface area contributed by atoms with Crippen LogP contribution in [0.2, 0.25) is 0 Å². The van der Waals surface area contributed by atoms with Crippen molar-refractivity contribution in [1.82, 2.24) is 4.57 Å². The minimum Gasteiger partial charge on any atom is -0.381 e. The Labute approximate surface area is 119 Å². The first-order valence-electron chi connectivity index (χ1n) is 6.99. The van der Waals surface area contributed by atoms with E-state index >= 15 is 0 Å². The summed E-state index contributed by atoms with van der Waals surface area (Å²) in [6.07, 6.45) is 4.72. The maximum Gasteiger partial charge on any atom is 0.224 e. The quantitative estimate of drug-likeness (QED) is 0.845. The van der Waals surface area contributed by atoms with Gasteiger partial charge in [-0.1, -0.05) is 6.92 Å². The normalized spacial score (nSPS) is 10.3. The van der Waals surface area contributed by atoms with E-state index in [9.17, 15) is 4.79 Å². The standard InChI is InChI=1S/C16H21N3O/c1-3-16(20)18-15-7-5-14(6-8-15)17-11-13-9-10-19(4-2)12-13/h5-10,12,17H,3-4,11H2,1-2H3,(H,18,20). The summed E-state index contributed by atoms with van der Waals surface area (Å²) >= 11 is 0. The average Bonchev–Trinajstić information content (AvgIpc) is 2.94. The van der Waals surface area contributed by atoms with Gasteiger partial charge in [0.1, 0.15) is 0 Å². The molecular weight excluding hydrogens is 250 g/mol. The van der Waals surface area contributed by atoms with E-state index in [0.717, 1.165) is 24.5 Å². The molecule has 0 bridgehead atoms. The second-order valence-electron chi connectivity index (χ2n) is 4.68. The zero-order valence-corrected chi connectivity index (χ0v) is 12.0. The van der Waals surface area contributed by atoms with Crippen LogP contribution in [-0.4, -0.2) is 10.5 Å². The summed E-state index contributed by atoms with van der Waals surface area (Å²) in [6, 6.07) is 9.89. The van der Waals surface area contributed by atoms with Crippen molar-refractivity contribution in [3.8, 4) is 0 Å². The van der Waals surface area contributed by atoms with Crippen molar-refractivity contribution in [3.05, 3.63) is 48.3 Å². The Morgan fingerprint density at radius 2 is 1.80 bits per heavy atom. The number of benzene rings is 1. The zero-order chi connectivity index (χ0) is 14.4. The summed E-state index contributed by atoms with van der Waals surface area (Å²) in [4.78, 5) is 11.3. The van der Waals surface area contributed by atoms with E-state index in [1.165, 1.54) is 5.56 Å². The van der Waals surface area contributed by atoms with Gasteiger partial charge in [0.05, 0.1) is 0 Å². The second kappa shape index (κ2) is 6.80. The van der Waals surface area contributed by atoms with Crippen LogP contribution in [0.25, 0.3) is 0 Å². The van der Waals surface area contributed by atoms with Crippen molar-refractivity contribution >= 4 is 17.3 Å². The van der Waals surface area contributed by atoms with E-state index in [2.05, 4.69) is 40.6 Å². The van der Waals surface area contributed by atoms with Crippen molar-refractivity contribution in [2.45, 2.75) is 33.4 Å². The smallest absolute Gasteiger partial charge is 0.224 e. The monoisotopic (exact) mass is 271 g/mol. The molecule has 1 amide bonds. The van der Waals surface area contributed by atoms with Crippen molar-refractivity contribution in [2.75, 3.05) is 10.6 Å². The summed E-state index contributed by atoms with van der Waals surface area (Å²) in [5.74, 6) is 0.0339. The Morgan fingerprint density at radius 1 is 1.10 bits per heavy atom. The highest BCUT2D eigenvalue weighted by atomic mass is 16.1. The molecule has 0 atom stereocenters. The average molecular weight is 271 g/mol. The van der Waals surface area contributed by atoms with E-state index in [-0.39, 0.29) is 5.91 Å². The molecule has 0 unspecified atom stereocenters. The lowest BCUT2D eigenvalue weighted by Gasteiger charge is -2.07. The molecular formula is C16H21N3O. The van der Waals surface area contributed by atoms with Gasteiger partial charge in [-0.3, -0.25) is 4.79 Å². The lowest BCUT2D eigenvalue weighted by Crippen LogP contribution is -2.09. The van der Waals surface area contributed by atoms with Gasteiger partial charge in [0.25, 0.3) is 0 Å². The number of nitrogens with one attached hydrogen (secondary N) is 2. The molecule has 4 heteroatoms. The van der Waals surface area contributed by atoms with Crippen LogP contribution in [-0.2, 0) is 17.9 Å². The molecule has 4 nitrogen and oxygen atoms in total. The Morgan fingerprint density at radius 3 is 2.40 bits per heavy atom. The maximum absolute atomic E-state index is 11.3. The van der Waals surface area contributed by atoms with Crippen LogP contribution in [0.4, 0.5) is 11.4 Å². The molecule has 0 aliphatic heterocycles. The fraction of sp³-hybridized carbons (Fsp3) is 0.312. The van der Waals surface area contributed by atoms with Crippen LogP contribution >= 0.6 is 0 Å². The number of hydrogen-bond acceptors (Lipinski definition) is 2. The zero-order valence-electron chi connectivity index (χ0n) is 12.0. The van der Waals surface area contributed by atoms with E-state index in [4.69, 9.17) is 0 Å². The number of anilines is 2. The van der Waals surface area contributed by atoms with Crippen LogP contribution in [0.5, 0.6) is 0 Å². The van der Waals surface area contributed by atoms with Gasteiger partial charge in [-0.05, 0) is 42.8 Å². The number of aryl methyl sites for hydroxylation is 1. The first-order valence-corrected chi connectivity index (χ1v) is 6.99. The third-order valence-electron chi connectivity index (χ3n) is 3.16. The number of carbonyl (C=O) groups excluding carboxylic acids is 1. The number of rotatable bonds is 6. The van der Waals surface area contributed by atoms with Gasteiger partial charge in [-0.25, -0.2) is 0 Å². The first kappa shape index (κ1) is 14.2. The summed E-state index contributed by atoms with van der Waals surface area (Å²) in [5, 5.41) is 6.20. The van der Waals surface area contributed by atoms with Crippen molar-refractivity contribution in [1.29, 1.82) is 0 Å². The van der Waals surface area contributed by atoms with Crippen molar-refractivity contribution in [2.24, 2.45) is 0 Å². The molecule has 2 N–H and O–H groups in total. The van der Waals surface area contributed by atoms with Crippen molar-refractivity contribution in [3.63, 3.8) is 0 Å². The Hall–Kier alpha value is -2.23. The molecule has 20 heavy (non-hydrogen) atoms. The maximum atomic E-state index is 11.3. The molecule has 2 rings (SSSR count). The first-order chi connectivity index (χ1) is 9.71. The molecule has 1 aromatic heterocycles. The summed E-state index contributed by atoms with van der Waals surface area (Å²) in [7, 11) is 0. The van der Waals surface area contributed by atoms with Gasteiger partial charge in [0.15, 0.2) is 0 Å². The number of hydrogen-bond donors (Lipinski definition) is 2. The van der Waals surface area contributed by atoms with Crippen LogP contribution in [0.3, 0.4) is 0 Å². The minimum absolute atomic E-state index is 0.0339. The second-order valence-corrected chi connectivity index (χ2v) is 4.68. The fourth-order valence-electron chi connectivity index (χ4n) is 1.92. The van der Waals surface area contributed by atoms with E-state index in [0.29, 0.717) is 6.42 Å². The Bertz CT molecular complexity index is 557. The van der Waals surface area contributed by atoms with E-state index in [1.54, 1.807) is 0 Å². The molecule has 0 fully saturated rings. The van der Waals surface area contributed by atoms with Crippen LogP contribution in [0.1, 0.15) is 25.8 Å². The highest BCUT2D eigenvalue weighted by Gasteiger charge is 2.00. The SMILES string of the molecule is CCC(=O)Nc1ccc(NCc2ccn(CC)c2)cc1. The molecule has 0 aliphatic rings. The molecule has 1 aromatic carbocycles. The number of nitrogens with zero attached hydrogens (tertiary/aromatic N) is 1. The van der Waals surface area contributed by atoms with Gasteiger partial charge >= 0.3 is 0 Å². The number of amides is 1. The fourth-order valence-corrected chi connectivity index (χ4v) is 1.92. The predicted octanol–water partition coefficient (Wildman–Crippen LogP) is 3.47. The van der Waals surface area contributed by atoms with Crippen LogP contribution < -0.4 is 10.6 Å². The van der Waals surface area contributed by atoms with E-state index < -0.39 is 0 Å².